The third kappa shape index (κ3) is 8.64. The van der Waals surface area contributed by atoms with Gasteiger partial charge in [-0.2, -0.15) is 0 Å². The molecule has 0 fully saturated rings. The van der Waals surface area contributed by atoms with Gasteiger partial charge in [-0.05, 0) is 152 Å². The Bertz CT molecular complexity index is 4970. The molecule has 5 nitrogen and oxygen atoms in total. The Morgan fingerprint density at radius 1 is 0.250 bits per heavy atom. The lowest BCUT2D eigenvalue weighted by Crippen LogP contribution is -2.61. The highest BCUT2D eigenvalue weighted by atomic mass is 15.2. The van der Waals surface area contributed by atoms with E-state index in [2.05, 4.69) is 330 Å². The Kier molecular flexibility index (Phi) is 12.2. The molecule has 88 heavy (non-hydrogen) atoms. The van der Waals surface area contributed by atoms with Crippen molar-refractivity contribution in [2.45, 2.75) is 0 Å². The molecule has 0 unspecified atom stereocenters. The van der Waals surface area contributed by atoms with E-state index in [1.165, 1.54) is 72.2 Å². The second-order valence-corrected chi connectivity index (χ2v) is 22.8. The number of nitrogens with zero attached hydrogens (tertiary/aromatic N) is 5. The molecule has 0 atom stereocenters. The Balaban J connectivity index is 0.801. The van der Waals surface area contributed by atoms with Crippen LogP contribution in [0.5, 0.6) is 0 Å². The summed E-state index contributed by atoms with van der Waals surface area (Å²) in [6, 6.07) is 119. The van der Waals surface area contributed by atoms with E-state index in [0.29, 0.717) is 5.82 Å². The highest BCUT2D eigenvalue weighted by Gasteiger charge is 2.42. The molecular weight excluding hydrogens is 1070 g/mol. The van der Waals surface area contributed by atoms with Gasteiger partial charge in [0, 0.05) is 67.2 Å². The Hall–Kier alpha value is -11.6. The lowest BCUT2D eigenvalue weighted by atomic mass is 9.33. The van der Waals surface area contributed by atoms with Crippen molar-refractivity contribution < 1.29 is 0 Å². The largest absolute Gasteiger partial charge is 0.311 e. The van der Waals surface area contributed by atoms with Crippen LogP contribution in [-0.4, -0.2) is 21.2 Å². The van der Waals surface area contributed by atoms with Crippen molar-refractivity contribution in [3.63, 3.8) is 0 Å². The molecule has 0 radical (unpaired) electrons. The zero-order valence-corrected chi connectivity index (χ0v) is 48.0. The van der Waals surface area contributed by atoms with E-state index >= 15 is 0 Å². The molecule has 410 valence electrons. The van der Waals surface area contributed by atoms with Crippen molar-refractivity contribution in [1.29, 1.82) is 0 Å². The number of hydrogen-bond acceptors (Lipinski definition) is 4. The predicted molar refractivity (Wildman–Crippen MR) is 368 cm³/mol. The number of rotatable bonds is 10. The Morgan fingerprint density at radius 2 is 0.636 bits per heavy atom. The number of anilines is 6. The first-order valence-corrected chi connectivity index (χ1v) is 30.2. The first kappa shape index (κ1) is 50.9. The van der Waals surface area contributed by atoms with Crippen LogP contribution >= 0.6 is 0 Å². The molecule has 0 saturated carbocycles. The lowest BCUT2D eigenvalue weighted by molar-refractivity contribution is 1.16. The zero-order valence-electron chi connectivity index (χ0n) is 48.0. The summed E-state index contributed by atoms with van der Waals surface area (Å²) in [6.45, 7) is 0.0856. The van der Waals surface area contributed by atoms with E-state index < -0.39 is 0 Å². The minimum atomic E-state index is 0.0856. The number of aromatic nitrogens is 3. The fourth-order valence-electron chi connectivity index (χ4n) is 13.7. The van der Waals surface area contributed by atoms with Gasteiger partial charge in [0.25, 0.3) is 6.71 Å². The van der Waals surface area contributed by atoms with Gasteiger partial charge in [-0.25, -0.2) is 9.97 Å². The molecule has 0 bridgehead atoms. The fourth-order valence-corrected chi connectivity index (χ4v) is 13.7. The summed E-state index contributed by atoms with van der Waals surface area (Å²) in [6.07, 6.45) is 0. The van der Waals surface area contributed by atoms with Crippen molar-refractivity contribution in [3.8, 4) is 84.1 Å². The van der Waals surface area contributed by atoms with Gasteiger partial charge >= 0.3 is 0 Å². The summed E-state index contributed by atoms with van der Waals surface area (Å²) in [4.78, 5) is 15.6. The highest BCUT2D eigenvalue weighted by molar-refractivity contribution is 7.00. The van der Waals surface area contributed by atoms with Crippen LogP contribution in [0.3, 0.4) is 0 Å². The number of para-hydroxylation sites is 3. The summed E-state index contributed by atoms with van der Waals surface area (Å²) >= 11 is 0. The topological polar surface area (TPSA) is 37.2 Å². The quantitative estimate of drug-likeness (QED) is 0.128. The van der Waals surface area contributed by atoms with Crippen LogP contribution in [-0.2, 0) is 0 Å². The minimum absolute atomic E-state index is 0.0856. The van der Waals surface area contributed by atoms with Crippen LogP contribution in [0.25, 0.3) is 106 Å². The van der Waals surface area contributed by atoms with Crippen LogP contribution in [0, 0.1) is 0 Å². The van der Waals surface area contributed by atoms with Crippen molar-refractivity contribution in [2.75, 3.05) is 9.80 Å². The SMILES string of the molecule is c1ccc(-c2ccc3c(c2)c2cc(-c4ccccc4)ccc2n3-c2ccc(-c3nc(-c4ccccc4)cc(-c4ccccc4)n3)cc2-c2ccc(-c3ccc(N4c5ccccc5B5c6ccccc6N(c6ccccc6)c6cccc4c65)cc3)cc2)cc1. The maximum atomic E-state index is 5.34. The van der Waals surface area contributed by atoms with Gasteiger partial charge in [0.15, 0.2) is 5.82 Å². The van der Waals surface area contributed by atoms with Gasteiger partial charge in [0.2, 0.25) is 0 Å². The standard InChI is InChI=1S/C82H54BN5/c1-6-21-55(22-7-1)62-43-48-75-68(51-62)69-52-63(56-23-8-2-9-24-56)44-49-76(69)88(75)74-50-45-64(82-84-72(60-25-10-3-11-26-60)54-73(85-82)61-27-12-4-13-28-61)53-67(74)59-39-37-57(38-40-59)58-41-46-66(47-42-58)87-78-34-19-17-32-71(78)83-70-31-16-18-33-77(70)86(65-29-14-5-15-30-65)79-35-20-36-80(87)81(79)83/h1-54H. The van der Waals surface area contributed by atoms with Gasteiger partial charge in [-0.1, -0.05) is 231 Å². The van der Waals surface area contributed by atoms with Gasteiger partial charge in [-0.15, -0.1) is 0 Å². The number of hydrogen-bond donors (Lipinski definition) is 0. The number of benzene rings is 13. The van der Waals surface area contributed by atoms with E-state index in [1.807, 2.05) is 12.1 Å². The molecule has 6 heteroatoms. The first-order valence-electron chi connectivity index (χ1n) is 30.2. The van der Waals surface area contributed by atoms with E-state index in [4.69, 9.17) is 9.97 Å². The average molecular weight is 1120 g/mol. The van der Waals surface area contributed by atoms with Crippen LogP contribution in [0.4, 0.5) is 34.1 Å². The summed E-state index contributed by atoms with van der Waals surface area (Å²) in [5.74, 6) is 0.660. The molecule has 2 aliphatic rings. The van der Waals surface area contributed by atoms with Crippen LogP contribution in [0.1, 0.15) is 0 Å². The van der Waals surface area contributed by atoms with Crippen molar-refractivity contribution in [1.82, 2.24) is 14.5 Å². The van der Waals surface area contributed by atoms with E-state index in [-0.39, 0.29) is 6.71 Å². The molecule has 2 aromatic heterocycles. The maximum absolute atomic E-state index is 5.34. The zero-order chi connectivity index (χ0) is 58.1. The Morgan fingerprint density at radius 3 is 1.15 bits per heavy atom. The fraction of sp³-hybridized carbons (Fsp3) is 0. The third-order valence-electron chi connectivity index (χ3n) is 17.8. The molecule has 13 aromatic carbocycles. The van der Waals surface area contributed by atoms with Crippen molar-refractivity contribution in [2.24, 2.45) is 0 Å². The summed E-state index contributed by atoms with van der Waals surface area (Å²) < 4.78 is 2.46. The van der Waals surface area contributed by atoms with E-state index in [9.17, 15) is 0 Å². The average Bonchev–Trinajstić information content (AvgIpc) is 1.05. The van der Waals surface area contributed by atoms with Crippen LogP contribution < -0.4 is 26.2 Å². The second-order valence-electron chi connectivity index (χ2n) is 22.8. The summed E-state index contributed by atoms with van der Waals surface area (Å²) in [7, 11) is 0. The van der Waals surface area contributed by atoms with E-state index in [1.54, 1.807) is 0 Å². The lowest BCUT2D eigenvalue weighted by Gasteiger charge is -2.44. The molecule has 0 spiro atoms. The molecule has 15 aromatic rings. The van der Waals surface area contributed by atoms with Crippen LogP contribution in [0.2, 0.25) is 0 Å². The molecule has 0 amide bonds. The molecule has 0 saturated heterocycles. The summed E-state index contributed by atoms with van der Waals surface area (Å²) in [5, 5.41) is 2.38. The monoisotopic (exact) mass is 1120 g/mol. The molecule has 0 N–H and O–H groups in total. The smallest absolute Gasteiger partial charge is 0.252 e. The van der Waals surface area contributed by atoms with Gasteiger partial charge < -0.3 is 14.4 Å². The molecule has 17 rings (SSSR count). The third-order valence-corrected chi connectivity index (χ3v) is 17.8. The number of fused-ring (bicyclic) bond motifs is 7. The van der Waals surface area contributed by atoms with Crippen LogP contribution in [0.15, 0.2) is 328 Å². The predicted octanol–water partition coefficient (Wildman–Crippen LogP) is 19.3. The minimum Gasteiger partial charge on any atom is -0.311 e. The molecule has 0 aliphatic carbocycles. The van der Waals surface area contributed by atoms with Gasteiger partial charge in [-0.3, -0.25) is 0 Å². The second kappa shape index (κ2) is 21.2. The van der Waals surface area contributed by atoms with Gasteiger partial charge in [0.05, 0.1) is 28.1 Å². The molecular formula is C82H54BN5. The normalized spacial score (nSPS) is 12.2. The summed E-state index contributed by atoms with van der Waals surface area (Å²) in [5.41, 5.74) is 28.2. The van der Waals surface area contributed by atoms with Crippen molar-refractivity contribution in [3.05, 3.63) is 328 Å². The highest BCUT2D eigenvalue weighted by Crippen LogP contribution is 2.46. The van der Waals surface area contributed by atoms with Gasteiger partial charge in [0.1, 0.15) is 0 Å². The Labute approximate surface area is 512 Å². The molecule has 2 aliphatic heterocycles. The molecule has 4 heterocycles. The first-order chi connectivity index (χ1) is 43.6. The van der Waals surface area contributed by atoms with Crippen molar-refractivity contribution >= 4 is 79.0 Å². The maximum Gasteiger partial charge on any atom is 0.252 e. The van der Waals surface area contributed by atoms with E-state index in [0.717, 1.165) is 78.4 Å².